The Labute approximate surface area is 126 Å². The van der Waals surface area contributed by atoms with Gasteiger partial charge in [0, 0.05) is 32.6 Å². The average Bonchev–Trinajstić information content (AvgIpc) is 2.75. The molecule has 0 saturated carbocycles. The van der Waals surface area contributed by atoms with E-state index in [1.165, 1.54) is 11.1 Å². The number of amides is 1. The summed E-state index contributed by atoms with van der Waals surface area (Å²) in [6, 6.07) is 8.58. The molecule has 0 bridgehead atoms. The molecule has 4 nitrogen and oxygen atoms in total. The fraction of sp³-hybridized carbons (Fsp3) is 0.588. The number of hydrogen-bond donors (Lipinski definition) is 1. The summed E-state index contributed by atoms with van der Waals surface area (Å²) in [6.45, 7) is 3.86. The minimum Gasteiger partial charge on any atom is -0.390 e. The third-order valence-electron chi connectivity index (χ3n) is 4.50. The fourth-order valence-corrected chi connectivity index (χ4v) is 3.43. The minimum absolute atomic E-state index is 0.190. The minimum atomic E-state index is -0.447. The Kier molecular flexibility index (Phi) is 4.56. The van der Waals surface area contributed by atoms with Crippen molar-refractivity contribution in [1.29, 1.82) is 0 Å². The van der Waals surface area contributed by atoms with E-state index in [1.54, 1.807) is 4.90 Å². The lowest BCUT2D eigenvalue weighted by atomic mass is 10.0. The number of aryl methyl sites for hydroxylation is 1. The van der Waals surface area contributed by atoms with Gasteiger partial charge in [-0.2, -0.15) is 0 Å². The summed E-state index contributed by atoms with van der Waals surface area (Å²) in [5, 5.41) is 10.3. The molecule has 2 aliphatic heterocycles. The van der Waals surface area contributed by atoms with E-state index in [0.717, 1.165) is 38.9 Å². The van der Waals surface area contributed by atoms with Crippen molar-refractivity contribution in [1.82, 2.24) is 9.80 Å². The van der Waals surface area contributed by atoms with Crippen molar-refractivity contribution in [3.63, 3.8) is 0 Å². The van der Waals surface area contributed by atoms with E-state index in [-0.39, 0.29) is 5.91 Å². The second-order valence-corrected chi connectivity index (χ2v) is 6.20. The Morgan fingerprint density at radius 3 is 2.57 bits per heavy atom. The van der Waals surface area contributed by atoms with Gasteiger partial charge >= 0.3 is 0 Å². The topological polar surface area (TPSA) is 43.8 Å². The van der Waals surface area contributed by atoms with Crippen LogP contribution in [-0.4, -0.2) is 53.1 Å². The maximum absolute atomic E-state index is 11.6. The van der Waals surface area contributed by atoms with Crippen LogP contribution in [0.1, 0.15) is 30.4 Å². The van der Waals surface area contributed by atoms with E-state index in [1.807, 2.05) is 0 Å². The highest BCUT2D eigenvalue weighted by Gasteiger charge is 2.24. The molecule has 3 rings (SSSR count). The first kappa shape index (κ1) is 14.5. The first-order chi connectivity index (χ1) is 10.2. The normalized spacial score (nSPS) is 21.2. The zero-order valence-corrected chi connectivity index (χ0v) is 12.5. The van der Waals surface area contributed by atoms with Gasteiger partial charge in [-0.05, 0) is 36.9 Å². The van der Waals surface area contributed by atoms with Gasteiger partial charge in [0.1, 0.15) is 0 Å². The fourth-order valence-electron chi connectivity index (χ4n) is 3.43. The number of likely N-dealkylation sites (tertiary alicyclic amines) is 1. The number of aliphatic hydroxyl groups is 1. The molecule has 0 radical (unpaired) electrons. The van der Waals surface area contributed by atoms with Crippen LogP contribution < -0.4 is 0 Å². The Bertz CT molecular complexity index is 503. The van der Waals surface area contributed by atoms with Gasteiger partial charge in [-0.3, -0.25) is 9.69 Å². The van der Waals surface area contributed by atoms with E-state index in [2.05, 4.69) is 29.2 Å². The van der Waals surface area contributed by atoms with Crippen LogP contribution in [0.15, 0.2) is 24.3 Å². The molecular weight excluding hydrogens is 264 g/mol. The SMILES string of the molecule is O=C1CCCN1CC(O)CN1CCCc2ccccc2C1. The number of nitrogens with zero attached hydrogens (tertiary/aromatic N) is 2. The Hall–Kier alpha value is -1.39. The molecule has 1 aromatic rings. The van der Waals surface area contributed by atoms with E-state index in [0.29, 0.717) is 19.5 Å². The molecule has 114 valence electrons. The first-order valence-corrected chi connectivity index (χ1v) is 7.97. The Balaban J connectivity index is 1.56. The van der Waals surface area contributed by atoms with Crippen molar-refractivity contribution in [3.05, 3.63) is 35.4 Å². The lowest BCUT2D eigenvalue weighted by Crippen LogP contribution is -2.40. The molecule has 21 heavy (non-hydrogen) atoms. The van der Waals surface area contributed by atoms with Gasteiger partial charge in [-0.25, -0.2) is 0 Å². The number of benzene rings is 1. The molecule has 2 heterocycles. The summed E-state index contributed by atoms with van der Waals surface area (Å²) in [5.74, 6) is 0.190. The molecule has 0 aliphatic carbocycles. The molecule has 1 aromatic carbocycles. The molecular formula is C17H24N2O2. The van der Waals surface area contributed by atoms with Crippen LogP contribution in [0.5, 0.6) is 0 Å². The Morgan fingerprint density at radius 1 is 1.05 bits per heavy atom. The summed E-state index contributed by atoms with van der Waals surface area (Å²) in [6.07, 6.45) is 3.38. The van der Waals surface area contributed by atoms with Crippen LogP contribution in [0.2, 0.25) is 0 Å². The third-order valence-corrected chi connectivity index (χ3v) is 4.50. The molecule has 1 amide bonds. The van der Waals surface area contributed by atoms with Gasteiger partial charge in [0.2, 0.25) is 5.91 Å². The van der Waals surface area contributed by atoms with Crippen molar-refractivity contribution in [3.8, 4) is 0 Å². The number of carbonyl (C=O) groups is 1. The van der Waals surface area contributed by atoms with Crippen LogP contribution in [0.25, 0.3) is 0 Å². The second-order valence-electron chi connectivity index (χ2n) is 6.20. The lowest BCUT2D eigenvalue weighted by Gasteiger charge is -2.26. The number of rotatable bonds is 4. The maximum Gasteiger partial charge on any atom is 0.222 e. The highest BCUT2D eigenvalue weighted by molar-refractivity contribution is 5.78. The molecule has 4 heteroatoms. The van der Waals surface area contributed by atoms with Gasteiger partial charge < -0.3 is 10.0 Å². The van der Waals surface area contributed by atoms with Crippen molar-refractivity contribution in [2.45, 2.75) is 38.3 Å². The molecule has 1 fully saturated rings. The summed E-state index contributed by atoms with van der Waals surface area (Å²) in [7, 11) is 0. The zero-order chi connectivity index (χ0) is 14.7. The zero-order valence-electron chi connectivity index (χ0n) is 12.5. The highest BCUT2D eigenvalue weighted by atomic mass is 16.3. The van der Waals surface area contributed by atoms with Gasteiger partial charge in [0.25, 0.3) is 0 Å². The van der Waals surface area contributed by atoms with E-state index >= 15 is 0 Å². The largest absolute Gasteiger partial charge is 0.390 e. The number of fused-ring (bicyclic) bond motifs is 1. The summed E-state index contributed by atoms with van der Waals surface area (Å²) < 4.78 is 0. The van der Waals surface area contributed by atoms with Crippen molar-refractivity contribution >= 4 is 5.91 Å². The smallest absolute Gasteiger partial charge is 0.222 e. The molecule has 1 atom stereocenters. The summed E-state index contributed by atoms with van der Waals surface area (Å²) in [4.78, 5) is 15.7. The van der Waals surface area contributed by atoms with Crippen LogP contribution in [0, 0.1) is 0 Å². The number of hydrogen-bond acceptors (Lipinski definition) is 3. The second kappa shape index (κ2) is 6.58. The van der Waals surface area contributed by atoms with E-state index in [4.69, 9.17) is 0 Å². The molecule has 0 spiro atoms. The predicted molar refractivity (Wildman–Crippen MR) is 81.9 cm³/mol. The summed E-state index contributed by atoms with van der Waals surface area (Å²) in [5.41, 5.74) is 2.81. The Morgan fingerprint density at radius 2 is 1.81 bits per heavy atom. The quantitative estimate of drug-likeness (QED) is 0.911. The third kappa shape index (κ3) is 3.63. The predicted octanol–water partition coefficient (Wildman–Crippen LogP) is 1.42. The van der Waals surface area contributed by atoms with E-state index in [9.17, 15) is 9.90 Å². The standard InChI is InChI=1S/C17H24N2O2/c20-16(13-19-10-4-8-17(19)21)12-18-9-3-7-14-5-1-2-6-15(14)11-18/h1-2,5-6,16,20H,3-4,7-13H2. The van der Waals surface area contributed by atoms with Crippen LogP contribution in [0.4, 0.5) is 0 Å². The first-order valence-electron chi connectivity index (χ1n) is 7.97. The highest BCUT2D eigenvalue weighted by Crippen LogP contribution is 2.19. The van der Waals surface area contributed by atoms with Gasteiger partial charge in [0.05, 0.1) is 6.10 Å². The number of β-amino-alcohol motifs (C(OH)–C–C–N with tert-alkyl or cyclic N) is 1. The van der Waals surface area contributed by atoms with E-state index < -0.39 is 6.10 Å². The molecule has 0 aromatic heterocycles. The van der Waals surface area contributed by atoms with Gasteiger partial charge in [-0.1, -0.05) is 24.3 Å². The van der Waals surface area contributed by atoms with Crippen molar-refractivity contribution in [2.24, 2.45) is 0 Å². The average molecular weight is 288 g/mol. The summed E-state index contributed by atoms with van der Waals surface area (Å²) >= 11 is 0. The molecule has 2 aliphatic rings. The monoisotopic (exact) mass is 288 g/mol. The van der Waals surface area contributed by atoms with Crippen molar-refractivity contribution in [2.75, 3.05) is 26.2 Å². The lowest BCUT2D eigenvalue weighted by molar-refractivity contribution is -0.129. The molecule has 1 saturated heterocycles. The maximum atomic E-state index is 11.6. The van der Waals surface area contributed by atoms with Crippen LogP contribution >= 0.6 is 0 Å². The van der Waals surface area contributed by atoms with Gasteiger partial charge in [-0.15, -0.1) is 0 Å². The van der Waals surface area contributed by atoms with Gasteiger partial charge in [0.15, 0.2) is 0 Å². The van der Waals surface area contributed by atoms with Crippen molar-refractivity contribution < 1.29 is 9.90 Å². The van der Waals surface area contributed by atoms with Crippen LogP contribution in [0.3, 0.4) is 0 Å². The molecule has 1 unspecified atom stereocenters. The molecule has 1 N–H and O–H groups in total. The number of carbonyl (C=O) groups excluding carboxylic acids is 1. The number of aliphatic hydroxyl groups excluding tert-OH is 1. The van der Waals surface area contributed by atoms with Crippen LogP contribution in [-0.2, 0) is 17.8 Å².